The lowest BCUT2D eigenvalue weighted by Crippen LogP contribution is -2.33. The number of carbonyl (C=O) groups is 1. The molecule has 0 atom stereocenters. The highest BCUT2D eigenvalue weighted by Gasteiger charge is 2.11. The first-order chi connectivity index (χ1) is 8.24. The Morgan fingerprint density at radius 3 is 2.76 bits per heavy atom. The molecular weight excluding hydrogens is 216 g/mol. The first-order valence-corrected chi connectivity index (χ1v) is 5.78. The second-order valence-corrected chi connectivity index (χ2v) is 3.77. The third-order valence-electron chi connectivity index (χ3n) is 2.75. The van der Waals surface area contributed by atoms with E-state index in [1.54, 1.807) is 11.0 Å². The highest BCUT2D eigenvalue weighted by Crippen LogP contribution is 2.20. The molecule has 0 aliphatic rings. The van der Waals surface area contributed by atoms with Crippen LogP contribution in [0.5, 0.6) is 5.75 Å². The van der Waals surface area contributed by atoms with Crippen molar-refractivity contribution in [1.82, 2.24) is 9.88 Å². The first-order valence-electron chi connectivity index (χ1n) is 5.78. The van der Waals surface area contributed by atoms with Gasteiger partial charge in [0.25, 0.3) is 0 Å². The second-order valence-electron chi connectivity index (χ2n) is 3.77. The van der Waals surface area contributed by atoms with Crippen molar-refractivity contribution in [3.05, 3.63) is 30.5 Å². The minimum absolute atomic E-state index is 0.301. The third kappa shape index (κ3) is 2.41. The molecule has 0 unspecified atom stereocenters. The smallest absolute Gasteiger partial charge is 0.410 e. The Morgan fingerprint density at radius 2 is 2.06 bits per heavy atom. The largest absolute Gasteiger partial charge is 0.415 e. The molecule has 0 aliphatic carbocycles. The number of aromatic nitrogens is 1. The number of nitrogens with one attached hydrogen (secondary N) is 1. The number of hydrogen-bond acceptors (Lipinski definition) is 2. The van der Waals surface area contributed by atoms with E-state index in [1.807, 2.05) is 38.2 Å². The van der Waals surface area contributed by atoms with Gasteiger partial charge in [0, 0.05) is 30.2 Å². The molecule has 0 fully saturated rings. The number of nitrogens with zero attached hydrogens (tertiary/aromatic N) is 1. The number of fused-ring (bicyclic) bond motifs is 1. The van der Waals surface area contributed by atoms with Crippen LogP contribution >= 0.6 is 0 Å². The van der Waals surface area contributed by atoms with Gasteiger partial charge in [0.15, 0.2) is 0 Å². The molecule has 1 aromatic carbocycles. The second kappa shape index (κ2) is 4.91. The molecule has 4 nitrogen and oxygen atoms in total. The van der Waals surface area contributed by atoms with E-state index in [1.165, 1.54) is 0 Å². The Kier molecular flexibility index (Phi) is 3.32. The molecule has 1 N–H and O–H groups in total. The summed E-state index contributed by atoms with van der Waals surface area (Å²) < 4.78 is 5.31. The summed E-state index contributed by atoms with van der Waals surface area (Å²) in [6, 6.07) is 7.50. The molecule has 2 rings (SSSR count). The Bertz CT molecular complexity index is 515. The van der Waals surface area contributed by atoms with Crippen LogP contribution in [0.4, 0.5) is 4.79 Å². The molecule has 1 amide bonds. The Morgan fingerprint density at radius 1 is 1.29 bits per heavy atom. The third-order valence-corrected chi connectivity index (χ3v) is 2.75. The fraction of sp³-hybridized carbons (Fsp3) is 0.308. The number of carbonyl (C=O) groups excluding carboxylic acids is 1. The lowest BCUT2D eigenvalue weighted by atomic mass is 10.2. The highest BCUT2D eigenvalue weighted by atomic mass is 16.6. The van der Waals surface area contributed by atoms with Crippen molar-refractivity contribution in [3.8, 4) is 5.75 Å². The lowest BCUT2D eigenvalue weighted by Gasteiger charge is -2.17. The van der Waals surface area contributed by atoms with Crippen LogP contribution in [-0.4, -0.2) is 29.1 Å². The van der Waals surface area contributed by atoms with E-state index in [9.17, 15) is 4.79 Å². The fourth-order valence-corrected chi connectivity index (χ4v) is 1.74. The van der Waals surface area contributed by atoms with Crippen LogP contribution in [0.2, 0.25) is 0 Å². The summed E-state index contributed by atoms with van der Waals surface area (Å²) in [6.45, 7) is 5.17. The molecule has 0 radical (unpaired) electrons. The standard InChI is InChI=1S/C13H16N2O2/c1-3-15(4-2)13(16)17-11-5-6-12-10(9-11)7-8-14-12/h5-9,14H,3-4H2,1-2H3. The van der Waals surface area contributed by atoms with Crippen LogP contribution in [0.15, 0.2) is 30.5 Å². The lowest BCUT2D eigenvalue weighted by molar-refractivity contribution is 0.157. The minimum atomic E-state index is -0.301. The van der Waals surface area contributed by atoms with Crippen molar-refractivity contribution in [1.29, 1.82) is 0 Å². The van der Waals surface area contributed by atoms with Gasteiger partial charge in [0.1, 0.15) is 5.75 Å². The van der Waals surface area contributed by atoms with Crippen molar-refractivity contribution in [2.45, 2.75) is 13.8 Å². The Balaban J connectivity index is 2.14. The topological polar surface area (TPSA) is 45.3 Å². The molecular formula is C13H16N2O2. The zero-order valence-corrected chi connectivity index (χ0v) is 10.1. The van der Waals surface area contributed by atoms with Crippen LogP contribution in [0, 0.1) is 0 Å². The van der Waals surface area contributed by atoms with Crippen LogP contribution in [-0.2, 0) is 0 Å². The van der Waals surface area contributed by atoms with Gasteiger partial charge >= 0.3 is 6.09 Å². The number of benzene rings is 1. The number of hydrogen-bond donors (Lipinski definition) is 1. The molecule has 1 heterocycles. The van der Waals surface area contributed by atoms with Crippen LogP contribution in [0.3, 0.4) is 0 Å². The Hall–Kier alpha value is -1.97. The molecule has 0 bridgehead atoms. The molecule has 1 aromatic heterocycles. The van der Waals surface area contributed by atoms with E-state index in [-0.39, 0.29) is 6.09 Å². The van der Waals surface area contributed by atoms with E-state index < -0.39 is 0 Å². The number of amides is 1. The van der Waals surface area contributed by atoms with E-state index >= 15 is 0 Å². The van der Waals surface area contributed by atoms with Gasteiger partial charge < -0.3 is 14.6 Å². The van der Waals surface area contributed by atoms with Gasteiger partial charge in [-0.3, -0.25) is 0 Å². The quantitative estimate of drug-likeness (QED) is 0.884. The van der Waals surface area contributed by atoms with Gasteiger partial charge in [-0.1, -0.05) is 0 Å². The van der Waals surface area contributed by atoms with Crippen LogP contribution < -0.4 is 4.74 Å². The van der Waals surface area contributed by atoms with E-state index in [4.69, 9.17) is 4.74 Å². The van der Waals surface area contributed by atoms with Gasteiger partial charge in [0.05, 0.1) is 0 Å². The van der Waals surface area contributed by atoms with Gasteiger partial charge in [0.2, 0.25) is 0 Å². The summed E-state index contributed by atoms with van der Waals surface area (Å²) in [6.07, 6.45) is 1.56. The maximum Gasteiger partial charge on any atom is 0.415 e. The maximum atomic E-state index is 11.7. The molecule has 0 spiro atoms. The van der Waals surface area contributed by atoms with E-state index in [0.717, 1.165) is 10.9 Å². The monoisotopic (exact) mass is 232 g/mol. The molecule has 2 aromatic rings. The van der Waals surface area contributed by atoms with Crippen molar-refractivity contribution in [2.75, 3.05) is 13.1 Å². The summed E-state index contributed by atoms with van der Waals surface area (Å²) in [5, 5.41) is 1.04. The normalized spacial score (nSPS) is 10.5. The number of aromatic amines is 1. The minimum Gasteiger partial charge on any atom is -0.410 e. The van der Waals surface area contributed by atoms with Gasteiger partial charge in [-0.2, -0.15) is 0 Å². The SMILES string of the molecule is CCN(CC)C(=O)Oc1ccc2[nH]ccc2c1. The first kappa shape index (κ1) is 11.5. The molecule has 0 saturated carbocycles. The number of ether oxygens (including phenoxy) is 1. The van der Waals surface area contributed by atoms with Gasteiger partial charge in [-0.25, -0.2) is 4.79 Å². The predicted molar refractivity (Wildman–Crippen MR) is 67.2 cm³/mol. The summed E-state index contributed by atoms with van der Waals surface area (Å²) in [7, 11) is 0. The van der Waals surface area contributed by atoms with Crippen molar-refractivity contribution in [2.24, 2.45) is 0 Å². The summed E-state index contributed by atoms with van der Waals surface area (Å²) in [5.74, 6) is 0.578. The van der Waals surface area contributed by atoms with Crippen molar-refractivity contribution >= 4 is 17.0 Å². The van der Waals surface area contributed by atoms with Crippen molar-refractivity contribution in [3.63, 3.8) is 0 Å². The molecule has 17 heavy (non-hydrogen) atoms. The summed E-state index contributed by atoms with van der Waals surface area (Å²) in [5.41, 5.74) is 1.03. The summed E-state index contributed by atoms with van der Waals surface area (Å²) in [4.78, 5) is 16.5. The highest BCUT2D eigenvalue weighted by molar-refractivity contribution is 5.82. The molecule has 4 heteroatoms. The number of rotatable bonds is 3. The zero-order chi connectivity index (χ0) is 12.3. The van der Waals surface area contributed by atoms with Crippen LogP contribution in [0.1, 0.15) is 13.8 Å². The molecule has 90 valence electrons. The molecule has 0 aliphatic heterocycles. The zero-order valence-electron chi connectivity index (χ0n) is 10.1. The summed E-state index contributed by atoms with van der Waals surface area (Å²) >= 11 is 0. The Labute approximate surface area is 100 Å². The van der Waals surface area contributed by atoms with Crippen LogP contribution in [0.25, 0.3) is 10.9 Å². The van der Waals surface area contributed by atoms with E-state index in [0.29, 0.717) is 18.8 Å². The average Bonchev–Trinajstić information content (AvgIpc) is 2.77. The maximum absolute atomic E-state index is 11.7. The molecule has 0 saturated heterocycles. The average molecular weight is 232 g/mol. The number of H-pyrrole nitrogens is 1. The van der Waals surface area contributed by atoms with Crippen molar-refractivity contribution < 1.29 is 9.53 Å². The van der Waals surface area contributed by atoms with Gasteiger partial charge in [-0.15, -0.1) is 0 Å². The predicted octanol–water partition coefficient (Wildman–Crippen LogP) is 3.01. The fourth-order valence-electron chi connectivity index (χ4n) is 1.74. The van der Waals surface area contributed by atoms with E-state index in [2.05, 4.69) is 4.98 Å². The van der Waals surface area contributed by atoms with Gasteiger partial charge in [-0.05, 0) is 38.1 Å².